The van der Waals surface area contributed by atoms with E-state index in [0.29, 0.717) is 46.6 Å². The number of para-hydroxylation sites is 1. The maximum Gasteiger partial charge on any atom is 0.222 e. The molecule has 0 radical (unpaired) electrons. The molecule has 1 aromatic heterocycles. The average Bonchev–Trinajstić information content (AvgIpc) is 2.89. The normalized spacial score (nSPS) is 11.9. The summed E-state index contributed by atoms with van der Waals surface area (Å²) in [5.74, 6) is 1.33. The molecule has 1 heterocycles. The van der Waals surface area contributed by atoms with Crippen LogP contribution in [0.4, 0.5) is 11.8 Å². The van der Waals surface area contributed by atoms with Crippen LogP contribution < -0.4 is 26.8 Å². The summed E-state index contributed by atoms with van der Waals surface area (Å²) in [5, 5.41) is 7.82. The fraction of sp³-hybridized carbons (Fsp3) is 0.267. The first-order chi connectivity index (χ1) is 18.7. The number of aryl methyl sites for hydroxylation is 2. The predicted octanol–water partition coefficient (Wildman–Crippen LogP) is 6.08. The molecule has 4 aromatic rings. The van der Waals surface area contributed by atoms with Crippen LogP contribution in [0.3, 0.4) is 0 Å². The molecule has 3 aromatic carbocycles. The van der Waals surface area contributed by atoms with E-state index in [-0.39, 0.29) is 17.8 Å². The zero-order chi connectivity index (χ0) is 27.9. The van der Waals surface area contributed by atoms with Gasteiger partial charge < -0.3 is 26.8 Å². The maximum atomic E-state index is 6.47. The van der Waals surface area contributed by atoms with Gasteiger partial charge in [-0.1, -0.05) is 77.8 Å². The Morgan fingerprint density at radius 3 is 2.28 bits per heavy atom. The summed E-state index contributed by atoms with van der Waals surface area (Å²) in [6.07, 6.45) is 0. The van der Waals surface area contributed by atoms with Crippen LogP contribution in [0.15, 0.2) is 60.7 Å². The van der Waals surface area contributed by atoms with Crippen LogP contribution in [0.5, 0.6) is 5.75 Å². The SMILES string of the molecule is Cc1cccc(C)c1OCC(C)NCc1cccc(CNCc2nc(N)nc(N)c2-c2cccc(Cl)c2Cl)c1. The van der Waals surface area contributed by atoms with Crippen LogP contribution in [-0.2, 0) is 19.6 Å². The number of anilines is 2. The van der Waals surface area contributed by atoms with Crippen LogP contribution in [0.1, 0.15) is 34.9 Å². The lowest BCUT2D eigenvalue weighted by Crippen LogP contribution is -2.31. The number of nitrogen functional groups attached to an aromatic ring is 2. The first-order valence-corrected chi connectivity index (χ1v) is 13.6. The molecule has 0 amide bonds. The van der Waals surface area contributed by atoms with Gasteiger partial charge in [-0.15, -0.1) is 0 Å². The molecule has 0 saturated carbocycles. The van der Waals surface area contributed by atoms with Crippen molar-refractivity contribution < 1.29 is 4.74 Å². The third kappa shape index (κ3) is 7.40. The first-order valence-electron chi connectivity index (χ1n) is 12.8. The molecule has 0 bridgehead atoms. The fourth-order valence-corrected chi connectivity index (χ4v) is 4.82. The Kier molecular flexibility index (Phi) is 9.64. The van der Waals surface area contributed by atoms with E-state index in [4.69, 9.17) is 39.4 Å². The van der Waals surface area contributed by atoms with E-state index < -0.39 is 0 Å². The van der Waals surface area contributed by atoms with Crippen molar-refractivity contribution in [2.24, 2.45) is 0 Å². The molecule has 0 saturated heterocycles. The van der Waals surface area contributed by atoms with Crippen LogP contribution in [-0.4, -0.2) is 22.6 Å². The van der Waals surface area contributed by atoms with Crippen LogP contribution in [0.25, 0.3) is 11.1 Å². The highest BCUT2D eigenvalue weighted by Gasteiger charge is 2.17. The molecular weight excluding hydrogens is 531 g/mol. The van der Waals surface area contributed by atoms with Crippen LogP contribution in [0.2, 0.25) is 10.0 Å². The minimum Gasteiger partial charge on any atom is -0.491 e. The van der Waals surface area contributed by atoms with Crippen molar-refractivity contribution in [3.8, 4) is 16.9 Å². The number of aromatic nitrogens is 2. The Balaban J connectivity index is 1.35. The second-order valence-electron chi connectivity index (χ2n) is 9.63. The van der Waals surface area contributed by atoms with E-state index in [2.05, 4.69) is 77.8 Å². The Bertz CT molecular complexity index is 1430. The molecule has 0 aliphatic rings. The lowest BCUT2D eigenvalue weighted by molar-refractivity contribution is 0.269. The fourth-order valence-electron chi connectivity index (χ4n) is 4.43. The van der Waals surface area contributed by atoms with Gasteiger partial charge in [0.25, 0.3) is 0 Å². The number of nitrogens with one attached hydrogen (secondary N) is 2. The number of ether oxygens (including phenoxy) is 1. The molecule has 0 fully saturated rings. The van der Waals surface area contributed by atoms with Crippen molar-refractivity contribution in [1.82, 2.24) is 20.6 Å². The van der Waals surface area contributed by atoms with Crippen molar-refractivity contribution in [2.75, 3.05) is 18.1 Å². The van der Waals surface area contributed by atoms with Crippen molar-refractivity contribution >= 4 is 35.0 Å². The standard InChI is InChI=1S/C30H34Cl2N6O/c1-18-7-4-8-19(2)28(18)39-17-20(3)36-15-22-10-5-9-21(13-22)14-35-16-25-26(29(33)38-30(34)37-25)23-11-6-12-24(31)27(23)32/h4-13,20,35-36H,14-17H2,1-3H3,(H4,33,34,37,38). The lowest BCUT2D eigenvalue weighted by Gasteiger charge is -2.18. The van der Waals surface area contributed by atoms with Gasteiger partial charge in [0.15, 0.2) is 0 Å². The Morgan fingerprint density at radius 1 is 0.872 bits per heavy atom. The average molecular weight is 566 g/mol. The summed E-state index contributed by atoms with van der Waals surface area (Å²) in [6.45, 7) is 8.65. The Morgan fingerprint density at radius 2 is 1.54 bits per heavy atom. The smallest absolute Gasteiger partial charge is 0.222 e. The number of rotatable bonds is 11. The lowest BCUT2D eigenvalue weighted by atomic mass is 10.0. The minimum atomic E-state index is 0.106. The largest absolute Gasteiger partial charge is 0.491 e. The predicted molar refractivity (Wildman–Crippen MR) is 161 cm³/mol. The number of nitrogens with two attached hydrogens (primary N) is 2. The van der Waals surface area contributed by atoms with Gasteiger partial charge in [0, 0.05) is 36.8 Å². The van der Waals surface area contributed by atoms with Crippen molar-refractivity contribution in [3.05, 3.63) is 98.7 Å². The number of benzene rings is 3. The minimum absolute atomic E-state index is 0.106. The molecule has 39 heavy (non-hydrogen) atoms. The van der Waals surface area contributed by atoms with Gasteiger partial charge in [-0.3, -0.25) is 0 Å². The quantitative estimate of drug-likeness (QED) is 0.175. The Hall–Kier alpha value is -3.36. The molecular formula is C30H34Cl2N6O. The van der Waals surface area contributed by atoms with E-state index in [9.17, 15) is 0 Å². The summed E-state index contributed by atoms with van der Waals surface area (Å²) in [4.78, 5) is 8.56. The highest BCUT2D eigenvalue weighted by Crippen LogP contribution is 2.37. The summed E-state index contributed by atoms with van der Waals surface area (Å²) in [5.41, 5.74) is 18.7. The highest BCUT2D eigenvalue weighted by atomic mass is 35.5. The molecule has 0 aliphatic carbocycles. The second-order valence-corrected chi connectivity index (χ2v) is 10.4. The van der Waals surface area contributed by atoms with Gasteiger partial charge in [-0.05, 0) is 49.1 Å². The summed E-state index contributed by atoms with van der Waals surface area (Å²) in [7, 11) is 0. The maximum absolute atomic E-state index is 6.47. The summed E-state index contributed by atoms with van der Waals surface area (Å²) >= 11 is 12.7. The third-order valence-corrected chi connectivity index (χ3v) is 7.22. The van der Waals surface area contributed by atoms with Gasteiger partial charge in [0.05, 0.1) is 15.7 Å². The topological polar surface area (TPSA) is 111 Å². The van der Waals surface area contributed by atoms with Gasteiger partial charge in [-0.2, -0.15) is 4.98 Å². The zero-order valence-electron chi connectivity index (χ0n) is 22.4. The molecule has 7 nitrogen and oxygen atoms in total. The van der Waals surface area contributed by atoms with E-state index in [0.717, 1.165) is 29.0 Å². The monoisotopic (exact) mass is 564 g/mol. The first kappa shape index (κ1) is 28.6. The molecule has 0 spiro atoms. The molecule has 1 atom stereocenters. The Labute approximate surface area is 239 Å². The number of hydrogen-bond acceptors (Lipinski definition) is 7. The second kappa shape index (κ2) is 13.1. The number of halogens is 2. The zero-order valence-corrected chi connectivity index (χ0v) is 23.9. The molecule has 4 rings (SSSR count). The molecule has 9 heteroatoms. The molecule has 1 unspecified atom stereocenters. The van der Waals surface area contributed by atoms with E-state index in [1.807, 2.05) is 18.2 Å². The van der Waals surface area contributed by atoms with Gasteiger partial charge in [0.1, 0.15) is 18.2 Å². The number of nitrogens with zero attached hydrogens (tertiary/aromatic N) is 2. The third-order valence-electron chi connectivity index (χ3n) is 6.40. The van der Waals surface area contributed by atoms with E-state index >= 15 is 0 Å². The van der Waals surface area contributed by atoms with E-state index in [1.165, 1.54) is 5.56 Å². The number of hydrogen-bond donors (Lipinski definition) is 4. The van der Waals surface area contributed by atoms with Crippen LogP contribution >= 0.6 is 23.2 Å². The van der Waals surface area contributed by atoms with E-state index in [1.54, 1.807) is 6.07 Å². The highest BCUT2D eigenvalue weighted by molar-refractivity contribution is 6.43. The van der Waals surface area contributed by atoms with Gasteiger partial charge in [-0.25, -0.2) is 4.98 Å². The van der Waals surface area contributed by atoms with Crippen molar-refractivity contribution in [3.63, 3.8) is 0 Å². The molecule has 6 N–H and O–H groups in total. The van der Waals surface area contributed by atoms with Gasteiger partial charge in [0.2, 0.25) is 5.95 Å². The van der Waals surface area contributed by atoms with Crippen LogP contribution in [0, 0.1) is 13.8 Å². The summed E-state index contributed by atoms with van der Waals surface area (Å²) < 4.78 is 6.09. The van der Waals surface area contributed by atoms with Crippen molar-refractivity contribution in [1.29, 1.82) is 0 Å². The molecule has 204 valence electrons. The van der Waals surface area contributed by atoms with Gasteiger partial charge >= 0.3 is 0 Å². The van der Waals surface area contributed by atoms with Crippen molar-refractivity contribution in [2.45, 2.75) is 46.4 Å². The summed E-state index contributed by atoms with van der Waals surface area (Å²) in [6, 6.07) is 20.2. The molecule has 0 aliphatic heterocycles.